The first-order valence-electron chi connectivity index (χ1n) is 4.78. The quantitative estimate of drug-likeness (QED) is 0.707. The second kappa shape index (κ2) is 4.08. The molecule has 2 rings (SSSR count). The Morgan fingerprint density at radius 3 is 3.31 bits per heavy atom. The summed E-state index contributed by atoms with van der Waals surface area (Å²) in [6.07, 6.45) is 11.6. The average molecular weight is 174 g/mol. The first-order valence-corrected chi connectivity index (χ1v) is 4.78. The topological polar surface area (TPSA) is 24.9 Å². The highest BCUT2D eigenvalue weighted by atomic mass is 14.9. The average Bonchev–Trinajstić information content (AvgIpc) is 2.47. The summed E-state index contributed by atoms with van der Waals surface area (Å²) in [5.41, 5.74) is 1.29. The molecule has 1 aromatic rings. The Bertz CT molecular complexity index is 279. The molecule has 0 aromatic carbocycles. The van der Waals surface area contributed by atoms with Crippen molar-refractivity contribution >= 4 is 0 Å². The molecular formula is C11H14N2. The van der Waals surface area contributed by atoms with E-state index < -0.39 is 0 Å². The van der Waals surface area contributed by atoms with Crippen LogP contribution in [0.1, 0.15) is 30.9 Å². The summed E-state index contributed by atoms with van der Waals surface area (Å²) in [6, 6.07) is 4.57. The number of hydrogen-bond donors (Lipinski definition) is 1. The first kappa shape index (κ1) is 8.30. The standard InChI is InChI=1S/C11H14N2/c1-2-6-11(13-8-3-1)10-5-4-7-12-9-10/h3-5,7-9,11,13H,1-2,6H2. The van der Waals surface area contributed by atoms with Crippen molar-refractivity contribution in [2.24, 2.45) is 0 Å². The maximum Gasteiger partial charge on any atom is 0.0523 e. The maximum absolute atomic E-state index is 4.13. The summed E-state index contributed by atoms with van der Waals surface area (Å²) in [5.74, 6) is 0. The van der Waals surface area contributed by atoms with Gasteiger partial charge in [0.15, 0.2) is 0 Å². The van der Waals surface area contributed by atoms with Crippen molar-refractivity contribution in [1.29, 1.82) is 0 Å². The minimum absolute atomic E-state index is 0.451. The molecule has 0 fully saturated rings. The molecule has 1 N–H and O–H groups in total. The van der Waals surface area contributed by atoms with Gasteiger partial charge in [0.05, 0.1) is 6.04 Å². The van der Waals surface area contributed by atoms with Crippen LogP contribution in [0.5, 0.6) is 0 Å². The SMILES string of the molecule is C1=CNC(c2cccnc2)CCC1. The Balaban J connectivity index is 2.12. The van der Waals surface area contributed by atoms with Gasteiger partial charge in [-0.25, -0.2) is 0 Å². The molecule has 0 saturated carbocycles. The van der Waals surface area contributed by atoms with Crippen LogP contribution in [0.15, 0.2) is 36.8 Å². The summed E-state index contributed by atoms with van der Waals surface area (Å²) in [6.45, 7) is 0. The molecule has 1 unspecified atom stereocenters. The zero-order valence-electron chi connectivity index (χ0n) is 7.61. The molecule has 2 nitrogen and oxygen atoms in total. The zero-order valence-corrected chi connectivity index (χ0v) is 7.61. The highest BCUT2D eigenvalue weighted by Gasteiger charge is 2.09. The minimum Gasteiger partial charge on any atom is -0.384 e. The first-order chi connectivity index (χ1) is 6.47. The lowest BCUT2D eigenvalue weighted by molar-refractivity contribution is 0.564. The van der Waals surface area contributed by atoms with Gasteiger partial charge in [-0.15, -0.1) is 0 Å². The number of allylic oxidation sites excluding steroid dienone is 1. The molecule has 1 aliphatic heterocycles. The van der Waals surface area contributed by atoms with Crippen molar-refractivity contribution in [2.45, 2.75) is 25.3 Å². The van der Waals surface area contributed by atoms with Crippen LogP contribution in [0.4, 0.5) is 0 Å². The van der Waals surface area contributed by atoms with Gasteiger partial charge in [-0.1, -0.05) is 12.1 Å². The van der Waals surface area contributed by atoms with E-state index in [0.717, 1.165) is 0 Å². The molecule has 2 heteroatoms. The third-order valence-electron chi connectivity index (χ3n) is 2.37. The smallest absolute Gasteiger partial charge is 0.0523 e. The largest absolute Gasteiger partial charge is 0.384 e. The number of pyridine rings is 1. The van der Waals surface area contributed by atoms with Gasteiger partial charge in [-0.3, -0.25) is 4.98 Å². The fourth-order valence-electron chi connectivity index (χ4n) is 1.64. The van der Waals surface area contributed by atoms with E-state index >= 15 is 0 Å². The molecule has 13 heavy (non-hydrogen) atoms. The fourth-order valence-corrected chi connectivity index (χ4v) is 1.64. The third-order valence-corrected chi connectivity index (χ3v) is 2.37. The molecule has 0 bridgehead atoms. The van der Waals surface area contributed by atoms with Crippen molar-refractivity contribution in [3.8, 4) is 0 Å². The van der Waals surface area contributed by atoms with E-state index in [1.165, 1.54) is 24.8 Å². The minimum atomic E-state index is 0.451. The van der Waals surface area contributed by atoms with Gasteiger partial charge in [0.25, 0.3) is 0 Å². The Morgan fingerprint density at radius 2 is 2.46 bits per heavy atom. The van der Waals surface area contributed by atoms with E-state index in [4.69, 9.17) is 0 Å². The lowest BCUT2D eigenvalue weighted by Crippen LogP contribution is -2.13. The predicted octanol–water partition coefficient (Wildman–Crippen LogP) is 2.41. The number of nitrogens with one attached hydrogen (secondary N) is 1. The van der Waals surface area contributed by atoms with Crippen LogP contribution < -0.4 is 5.32 Å². The molecule has 0 spiro atoms. The van der Waals surface area contributed by atoms with Crippen molar-refractivity contribution in [3.05, 3.63) is 42.4 Å². The van der Waals surface area contributed by atoms with E-state index in [9.17, 15) is 0 Å². The second-order valence-corrected chi connectivity index (χ2v) is 3.34. The van der Waals surface area contributed by atoms with Gasteiger partial charge in [0.1, 0.15) is 0 Å². The molecule has 0 radical (unpaired) electrons. The van der Waals surface area contributed by atoms with Gasteiger partial charge in [-0.2, -0.15) is 0 Å². The second-order valence-electron chi connectivity index (χ2n) is 3.34. The zero-order chi connectivity index (χ0) is 8.93. The molecule has 0 amide bonds. The van der Waals surface area contributed by atoms with Crippen molar-refractivity contribution < 1.29 is 0 Å². The van der Waals surface area contributed by atoms with Gasteiger partial charge in [0.2, 0.25) is 0 Å². The van der Waals surface area contributed by atoms with Gasteiger partial charge in [0, 0.05) is 12.4 Å². The number of nitrogens with zero attached hydrogens (tertiary/aromatic N) is 1. The summed E-state index contributed by atoms with van der Waals surface area (Å²) in [4.78, 5) is 4.13. The van der Waals surface area contributed by atoms with Crippen LogP contribution in [0, 0.1) is 0 Å². The van der Waals surface area contributed by atoms with Gasteiger partial charge >= 0.3 is 0 Å². The molecule has 1 aromatic heterocycles. The Kier molecular flexibility index (Phi) is 2.60. The van der Waals surface area contributed by atoms with Gasteiger partial charge in [-0.05, 0) is 37.1 Å². The highest BCUT2D eigenvalue weighted by molar-refractivity contribution is 5.15. The Morgan fingerprint density at radius 1 is 1.46 bits per heavy atom. The summed E-state index contributed by atoms with van der Waals surface area (Å²) in [7, 11) is 0. The van der Waals surface area contributed by atoms with E-state index in [1.807, 2.05) is 18.5 Å². The van der Waals surface area contributed by atoms with Crippen LogP contribution >= 0.6 is 0 Å². The maximum atomic E-state index is 4.13. The Labute approximate surface area is 78.7 Å². The molecule has 1 aliphatic rings. The predicted molar refractivity (Wildman–Crippen MR) is 53.1 cm³/mol. The van der Waals surface area contributed by atoms with E-state index in [0.29, 0.717) is 6.04 Å². The van der Waals surface area contributed by atoms with Crippen molar-refractivity contribution in [2.75, 3.05) is 0 Å². The summed E-state index contributed by atoms with van der Waals surface area (Å²) >= 11 is 0. The van der Waals surface area contributed by atoms with Crippen LogP contribution in [0.2, 0.25) is 0 Å². The summed E-state index contributed by atoms with van der Waals surface area (Å²) < 4.78 is 0. The van der Waals surface area contributed by atoms with E-state index in [2.05, 4.69) is 28.6 Å². The molecule has 0 aliphatic carbocycles. The molecule has 1 atom stereocenters. The van der Waals surface area contributed by atoms with Crippen LogP contribution in [0.25, 0.3) is 0 Å². The van der Waals surface area contributed by atoms with E-state index in [-0.39, 0.29) is 0 Å². The van der Waals surface area contributed by atoms with Crippen LogP contribution in [-0.2, 0) is 0 Å². The lowest BCUT2D eigenvalue weighted by atomic mass is 10.0. The summed E-state index contributed by atoms with van der Waals surface area (Å²) in [5, 5.41) is 3.38. The van der Waals surface area contributed by atoms with Gasteiger partial charge < -0.3 is 5.32 Å². The monoisotopic (exact) mass is 174 g/mol. The van der Waals surface area contributed by atoms with Crippen LogP contribution in [-0.4, -0.2) is 4.98 Å². The number of rotatable bonds is 1. The number of aromatic nitrogens is 1. The normalized spacial score (nSPS) is 22.0. The fraction of sp³-hybridized carbons (Fsp3) is 0.364. The highest BCUT2D eigenvalue weighted by Crippen LogP contribution is 2.20. The van der Waals surface area contributed by atoms with Crippen molar-refractivity contribution in [3.63, 3.8) is 0 Å². The van der Waals surface area contributed by atoms with Crippen LogP contribution in [0.3, 0.4) is 0 Å². The molecular weight excluding hydrogens is 160 g/mol. The lowest BCUT2D eigenvalue weighted by Gasteiger charge is -2.14. The molecule has 0 saturated heterocycles. The number of hydrogen-bond acceptors (Lipinski definition) is 2. The third kappa shape index (κ3) is 2.08. The van der Waals surface area contributed by atoms with Crippen molar-refractivity contribution in [1.82, 2.24) is 10.3 Å². The van der Waals surface area contributed by atoms with E-state index in [1.54, 1.807) is 0 Å². The molecule has 68 valence electrons. The Hall–Kier alpha value is -1.31. The molecule has 2 heterocycles.